The summed E-state index contributed by atoms with van der Waals surface area (Å²) in [5, 5.41) is 2.67. The molecule has 0 radical (unpaired) electrons. The topological polar surface area (TPSA) is 46.0 Å². The van der Waals surface area contributed by atoms with Crippen molar-refractivity contribution in [1.29, 1.82) is 0 Å². The monoisotopic (exact) mass is 153 g/mol. The molecule has 0 atom stereocenters. The summed E-state index contributed by atoms with van der Waals surface area (Å²) in [6.45, 7) is 0. The molecule has 0 saturated carbocycles. The van der Waals surface area contributed by atoms with Gasteiger partial charge in [-0.1, -0.05) is 0 Å². The predicted molar refractivity (Wildman–Crippen MR) is 36.8 cm³/mol. The average Bonchev–Trinajstić information content (AvgIpc) is 2.32. The first-order valence-electron chi connectivity index (χ1n) is 3.04. The van der Waals surface area contributed by atoms with Crippen LogP contribution in [0.15, 0.2) is 27.5 Å². The van der Waals surface area contributed by atoms with Crippen LogP contribution in [0.25, 0.3) is 10.9 Å². The molecule has 0 aliphatic rings. The van der Waals surface area contributed by atoms with Gasteiger partial charge in [0.25, 0.3) is 0 Å². The molecule has 0 amide bonds. The van der Waals surface area contributed by atoms with Crippen molar-refractivity contribution < 1.29 is 8.91 Å². The summed E-state index contributed by atoms with van der Waals surface area (Å²) in [4.78, 5) is 10.8. The number of hydrogen-bond donors (Lipinski definition) is 1. The lowest BCUT2D eigenvalue weighted by Gasteiger charge is -1.84. The summed E-state index contributed by atoms with van der Waals surface area (Å²) < 4.78 is 16.9. The van der Waals surface area contributed by atoms with Gasteiger partial charge in [0.2, 0.25) is 0 Å². The molecule has 1 aromatic carbocycles. The van der Waals surface area contributed by atoms with E-state index in [4.69, 9.17) is 0 Å². The van der Waals surface area contributed by atoms with Crippen LogP contribution in [0, 0.1) is 5.82 Å². The van der Waals surface area contributed by atoms with Crippen molar-refractivity contribution in [3.05, 3.63) is 34.4 Å². The van der Waals surface area contributed by atoms with Crippen LogP contribution < -0.4 is 5.63 Å². The van der Waals surface area contributed by atoms with Crippen LogP contribution in [-0.2, 0) is 0 Å². The summed E-state index contributed by atoms with van der Waals surface area (Å²) in [5.41, 5.74) is -0.0880. The zero-order valence-corrected chi connectivity index (χ0v) is 5.43. The van der Waals surface area contributed by atoms with E-state index in [-0.39, 0.29) is 0 Å². The van der Waals surface area contributed by atoms with Gasteiger partial charge in [-0.2, -0.15) is 0 Å². The molecule has 0 aliphatic carbocycles. The van der Waals surface area contributed by atoms with E-state index in [1.54, 1.807) is 0 Å². The molecule has 0 spiro atoms. The van der Waals surface area contributed by atoms with Gasteiger partial charge in [0.05, 0.1) is 10.9 Å². The molecule has 0 saturated heterocycles. The SMILES string of the molecule is O=c1o[nH]c2cc(F)ccc12. The minimum atomic E-state index is -0.472. The molecular formula is C7H4FNO2. The number of hydrogen-bond acceptors (Lipinski definition) is 2. The quantitative estimate of drug-likeness (QED) is 0.619. The summed E-state index contributed by atoms with van der Waals surface area (Å²) in [6, 6.07) is 3.81. The van der Waals surface area contributed by atoms with E-state index in [0.29, 0.717) is 10.9 Å². The van der Waals surface area contributed by atoms with Crippen molar-refractivity contribution in [3.8, 4) is 0 Å². The number of aromatic amines is 1. The number of H-pyrrole nitrogens is 1. The van der Waals surface area contributed by atoms with Gasteiger partial charge in [0, 0.05) is 6.07 Å². The Morgan fingerprint density at radius 1 is 1.45 bits per heavy atom. The zero-order chi connectivity index (χ0) is 7.84. The van der Waals surface area contributed by atoms with E-state index in [9.17, 15) is 9.18 Å². The first kappa shape index (κ1) is 6.15. The van der Waals surface area contributed by atoms with Crippen LogP contribution >= 0.6 is 0 Å². The van der Waals surface area contributed by atoms with Crippen molar-refractivity contribution in [2.24, 2.45) is 0 Å². The van der Waals surface area contributed by atoms with Crippen LogP contribution in [0.4, 0.5) is 4.39 Å². The predicted octanol–water partition coefficient (Wildman–Crippen LogP) is 1.26. The van der Waals surface area contributed by atoms with Crippen LogP contribution in [0.5, 0.6) is 0 Å². The molecule has 3 nitrogen and oxygen atoms in total. The number of rotatable bonds is 0. The average molecular weight is 153 g/mol. The van der Waals surface area contributed by atoms with Gasteiger partial charge in [-0.15, -0.1) is 0 Å². The van der Waals surface area contributed by atoms with Crippen LogP contribution in [0.3, 0.4) is 0 Å². The highest BCUT2D eigenvalue weighted by molar-refractivity contribution is 5.76. The summed E-state index contributed by atoms with van der Waals surface area (Å²) in [7, 11) is 0. The van der Waals surface area contributed by atoms with E-state index >= 15 is 0 Å². The summed E-state index contributed by atoms with van der Waals surface area (Å²) in [6.07, 6.45) is 0. The highest BCUT2D eigenvalue weighted by Gasteiger charge is 2.01. The Kier molecular flexibility index (Phi) is 1.09. The molecule has 0 aliphatic heterocycles. The number of benzene rings is 1. The van der Waals surface area contributed by atoms with E-state index in [2.05, 4.69) is 9.68 Å². The zero-order valence-electron chi connectivity index (χ0n) is 5.43. The first-order valence-corrected chi connectivity index (χ1v) is 3.04. The summed E-state index contributed by atoms with van der Waals surface area (Å²) in [5.74, 6) is -0.394. The molecule has 1 aromatic heterocycles. The van der Waals surface area contributed by atoms with Gasteiger partial charge in [0.15, 0.2) is 0 Å². The lowest BCUT2D eigenvalue weighted by atomic mass is 10.2. The fraction of sp³-hybridized carbons (Fsp3) is 0. The molecule has 4 heteroatoms. The third-order valence-corrected chi connectivity index (χ3v) is 1.46. The van der Waals surface area contributed by atoms with Gasteiger partial charge in [-0.25, -0.2) is 14.3 Å². The molecular weight excluding hydrogens is 149 g/mol. The second kappa shape index (κ2) is 1.95. The molecule has 1 heterocycles. The fourth-order valence-electron chi connectivity index (χ4n) is 0.935. The second-order valence-electron chi connectivity index (χ2n) is 2.18. The van der Waals surface area contributed by atoms with Crippen LogP contribution in [0.1, 0.15) is 0 Å². The molecule has 0 fully saturated rings. The van der Waals surface area contributed by atoms with Crippen molar-refractivity contribution in [2.45, 2.75) is 0 Å². The van der Waals surface area contributed by atoms with Crippen LogP contribution in [0.2, 0.25) is 0 Å². The summed E-state index contributed by atoms with van der Waals surface area (Å²) >= 11 is 0. The number of halogens is 1. The van der Waals surface area contributed by atoms with Gasteiger partial charge in [-0.3, -0.25) is 0 Å². The molecule has 2 rings (SSSR count). The van der Waals surface area contributed by atoms with Crippen molar-refractivity contribution >= 4 is 10.9 Å². The molecule has 56 valence electrons. The van der Waals surface area contributed by atoms with Crippen molar-refractivity contribution in [3.63, 3.8) is 0 Å². The Bertz CT molecular complexity index is 443. The third kappa shape index (κ3) is 0.832. The highest BCUT2D eigenvalue weighted by Crippen LogP contribution is 2.08. The van der Waals surface area contributed by atoms with Gasteiger partial charge in [0.1, 0.15) is 5.82 Å². The number of nitrogens with one attached hydrogen (secondary N) is 1. The second-order valence-corrected chi connectivity index (χ2v) is 2.18. The molecule has 0 unspecified atom stereocenters. The maximum Gasteiger partial charge on any atom is 0.365 e. The van der Waals surface area contributed by atoms with Crippen molar-refractivity contribution in [2.75, 3.05) is 0 Å². The lowest BCUT2D eigenvalue weighted by Crippen LogP contribution is -1.89. The minimum Gasteiger partial charge on any atom is -0.338 e. The Hall–Kier alpha value is -1.58. The van der Waals surface area contributed by atoms with E-state index < -0.39 is 11.4 Å². The third-order valence-electron chi connectivity index (χ3n) is 1.46. The maximum absolute atomic E-state index is 12.5. The molecule has 2 aromatic rings. The fourth-order valence-corrected chi connectivity index (χ4v) is 0.935. The van der Waals surface area contributed by atoms with E-state index in [1.807, 2.05) is 0 Å². The Morgan fingerprint density at radius 3 is 3.09 bits per heavy atom. The van der Waals surface area contributed by atoms with E-state index in [1.165, 1.54) is 18.2 Å². The minimum absolute atomic E-state index is 0.367. The van der Waals surface area contributed by atoms with Gasteiger partial charge < -0.3 is 4.52 Å². The smallest absolute Gasteiger partial charge is 0.338 e. The Labute approximate surface area is 60.4 Å². The standard InChI is InChI=1S/C7H4FNO2/c8-4-1-2-5-6(3-4)9-11-7(5)10/h1-3,9H. The number of aromatic nitrogens is 1. The lowest BCUT2D eigenvalue weighted by molar-refractivity contribution is 0.399. The number of fused-ring (bicyclic) bond motifs is 1. The highest BCUT2D eigenvalue weighted by atomic mass is 19.1. The Balaban J connectivity index is 2.97. The largest absolute Gasteiger partial charge is 0.365 e. The molecule has 1 N–H and O–H groups in total. The van der Waals surface area contributed by atoms with Crippen LogP contribution in [-0.4, -0.2) is 5.16 Å². The normalized spacial score (nSPS) is 10.6. The molecule has 0 bridgehead atoms. The molecule has 11 heavy (non-hydrogen) atoms. The van der Waals surface area contributed by atoms with Gasteiger partial charge >= 0.3 is 5.63 Å². The van der Waals surface area contributed by atoms with Crippen molar-refractivity contribution in [1.82, 2.24) is 5.16 Å². The van der Waals surface area contributed by atoms with E-state index in [0.717, 1.165) is 0 Å². The Morgan fingerprint density at radius 2 is 2.27 bits per heavy atom. The first-order chi connectivity index (χ1) is 5.27. The maximum atomic E-state index is 12.5. The van der Waals surface area contributed by atoms with Gasteiger partial charge in [-0.05, 0) is 12.1 Å².